The second-order valence-corrected chi connectivity index (χ2v) is 7.76. The number of hydrogen-bond donors (Lipinski definition) is 2. The predicted octanol–water partition coefficient (Wildman–Crippen LogP) is 1.88. The van der Waals surface area contributed by atoms with Gasteiger partial charge in [-0.1, -0.05) is 12.1 Å². The Balaban J connectivity index is 1.31. The van der Waals surface area contributed by atoms with Crippen molar-refractivity contribution in [3.8, 4) is 0 Å². The first kappa shape index (κ1) is 19.8. The molecule has 1 fully saturated rings. The molecule has 2 aromatic heterocycles. The van der Waals surface area contributed by atoms with E-state index in [2.05, 4.69) is 30.6 Å². The molecule has 32 heavy (non-hydrogen) atoms. The van der Waals surface area contributed by atoms with E-state index in [9.17, 15) is 9.59 Å². The molecule has 160 valence electrons. The van der Waals surface area contributed by atoms with Gasteiger partial charge in [-0.25, -0.2) is 4.98 Å². The Morgan fingerprint density at radius 3 is 2.72 bits per heavy atom. The normalized spacial score (nSPS) is 19.8. The first-order valence-electron chi connectivity index (χ1n) is 10.4. The van der Waals surface area contributed by atoms with E-state index in [0.29, 0.717) is 25.1 Å². The number of amides is 2. The van der Waals surface area contributed by atoms with Gasteiger partial charge < -0.3 is 15.5 Å². The lowest BCUT2D eigenvalue weighted by atomic mass is 10.1. The van der Waals surface area contributed by atoms with Crippen LogP contribution in [-0.4, -0.2) is 61.8 Å². The fourth-order valence-electron chi connectivity index (χ4n) is 4.10. The highest BCUT2D eigenvalue weighted by Gasteiger charge is 2.38. The summed E-state index contributed by atoms with van der Waals surface area (Å²) in [4.78, 5) is 43.9. The zero-order valence-electron chi connectivity index (χ0n) is 17.2. The van der Waals surface area contributed by atoms with Crippen LogP contribution in [0.15, 0.2) is 55.4 Å². The number of nitrogens with zero attached hydrogens (tertiary/aromatic N) is 5. The molecule has 0 aliphatic carbocycles. The van der Waals surface area contributed by atoms with Gasteiger partial charge in [0.05, 0.1) is 29.7 Å². The summed E-state index contributed by atoms with van der Waals surface area (Å²) in [5, 5.41) is 6.37. The highest BCUT2D eigenvalue weighted by molar-refractivity contribution is 6.01. The molecule has 1 aromatic carbocycles. The van der Waals surface area contributed by atoms with Crippen molar-refractivity contribution in [1.29, 1.82) is 0 Å². The summed E-state index contributed by atoms with van der Waals surface area (Å²) in [6.45, 7) is 1.08. The molecule has 2 aliphatic rings. The second-order valence-electron chi connectivity index (χ2n) is 7.76. The van der Waals surface area contributed by atoms with Crippen LogP contribution in [0.25, 0.3) is 12.2 Å². The number of rotatable bonds is 4. The van der Waals surface area contributed by atoms with Gasteiger partial charge in [-0.2, -0.15) is 0 Å². The summed E-state index contributed by atoms with van der Waals surface area (Å²) in [7, 11) is 0. The van der Waals surface area contributed by atoms with Crippen molar-refractivity contribution < 1.29 is 9.59 Å². The van der Waals surface area contributed by atoms with Crippen LogP contribution in [0.4, 0.5) is 5.69 Å². The molecular formula is C23H21N7O2. The molecule has 1 saturated heterocycles. The largest absolute Gasteiger partial charge is 0.382 e. The number of benzene rings is 1. The van der Waals surface area contributed by atoms with E-state index in [-0.39, 0.29) is 29.6 Å². The van der Waals surface area contributed by atoms with Crippen LogP contribution in [0, 0.1) is 0 Å². The Labute approximate surface area is 184 Å². The second kappa shape index (κ2) is 8.54. The topological polar surface area (TPSA) is 113 Å². The molecule has 0 saturated carbocycles. The Morgan fingerprint density at radius 1 is 1.09 bits per heavy atom. The van der Waals surface area contributed by atoms with E-state index in [0.717, 1.165) is 16.9 Å². The van der Waals surface area contributed by atoms with Crippen molar-refractivity contribution >= 4 is 29.7 Å². The van der Waals surface area contributed by atoms with Crippen LogP contribution >= 0.6 is 0 Å². The van der Waals surface area contributed by atoms with E-state index >= 15 is 0 Å². The third kappa shape index (κ3) is 4.04. The van der Waals surface area contributed by atoms with E-state index in [1.165, 1.54) is 18.6 Å². The minimum atomic E-state index is -0.280. The third-order valence-corrected chi connectivity index (χ3v) is 5.64. The SMILES string of the molecule is O=C(NC1C[C@H]2CNc3ccc(/C=C/c4cnccn4)cc3C(=O)N2C1)c1cnccn1. The van der Waals surface area contributed by atoms with Gasteiger partial charge in [0, 0.05) is 49.6 Å². The quantitative estimate of drug-likeness (QED) is 0.654. The third-order valence-electron chi connectivity index (χ3n) is 5.64. The molecule has 0 spiro atoms. The van der Waals surface area contributed by atoms with Gasteiger partial charge in [-0.15, -0.1) is 0 Å². The van der Waals surface area contributed by atoms with Crippen molar-refractivity contribution in [3.63, 3.8) is 0 Å². The monoisotopic (exact) mass is 427 g/mol. The number of anilines is 1. The van der Waals surface area contributed by atoms with Crippen molar-refractivity contribution in [2.24, 2.45) is 0 Å². The Morgan fingerprint density at radius 2 is 1.94 bits per heavy atom. The standard InChI is InChI=1S/C23H21N7O2/c31-22(21-13-25-6-8-27-21)29-17-10-18-12-28-20-4-2-15(1-3-16-11-24-5-7-26-16)9-19(20)23(32)30(18)14-17/h1-9,11,13,17-18,28H,10,12,14H2,(H,29,31)/b3-1+/t17?,18-/m0/s1. The van der Waals surface area contributed by atoms with Crippen molar-refractivity contribution in [2.45, 2.75) is 18.5 Å². The molecule has 9 heteroatoms. The van der Waals surface area contributed by atoms with Gasteiger partial charge in [-0.05, 0) is 30.2 Å². The van der Waals surface area contributed by atoms with Crippen molar-refractivity contribution in [2.75, 3.05) is 18.4 Å². The Kier molecular flexibility index (Phi) is 5.29. The minimum absolute atomic E-state index is 0.000595. The molecule has 4 heterocycles. The smallest absolute Gasteiger partial charge is 0.271 e. The molecular weight excluding hydrogens is 406 g/mol. The van der Waals surface area contributed by atoms with Crippen LogP contribution in [0.1, 0.15) is 38.5 Å². The molecule has 0 bridgehead atoms. The summed E-state index contributed by atoms with van der Waals surface area (Å²) in [5.41, 5.74) is 3.35. The summed E-state index contributed by atoms with van der Waals surface area (Å²) in [6.07, 6.45) is 13.8. The molecule has 3 aromatic rings. The maximum Gasteiger partial charge on any atom is 0.271 e. The van der Waals surface area contributed by atoms with E-state index in [4.69, 9.17) is 0 Å². The first-order chi connectivity index (χ1) is 15.7. The average Bonchev–Trinajstić information content (AvgIpc) is 3.19. The maximum absolute atomic E-state index is 13.4. The van der Waals surface area contributed by atoms with Gasteiger partial charge in [0.15, 0.2) is 0 Å². The average molecular weight is 427 g/mol. The predicted molar refractivity (Wildman–Crippen MR) is 119 cm³/mol. The molecule has 5 rings (SSSR count). The number of aromatic nitrogens is 4. The summed E-state index contributed by atoms with van der Waals surface area (Å²) in [5.74, 6) is -0.320. The minimum Gasteiger partial charge on any atom is -0.382 e. The highest BCUT2D eigenvalue weighted by atomic mass is 16.2. The lowest BCUT2D eigenvalue weighted by Crippen LogP contribution is -2.39. The fourth-order valence-corrected chi connectivity index (χ4v) is 4.10. The van der Waals surface area contributed by atoms with E-state index in [1.807, 2.05) is 35.3 Å². The summed E-state index contributed by atoms with van der Waals surface area (Å²) in [6, 6.07) is 5.64. The summed E-state index contributed by atoms with van der Waals surface area (Å²) < 4.78 is 0. The number of fused-ring (bicyclic) bond motifs is 2. The molecule has 2 aliphatic heterocycles. The number of carbonyl (C=O) groups excluding carboxylic acids is 2. The van der Waals surface area contributed by atoms with Crippen LogP contribution in [0.5, 0.6) is 0 Å². The van der Waals surface area contributed by atoms with E-state index < -0.39 is 0 Å². The summed E-state index contributed by atoms with van der Waals surface area (Å²) >= 11 is 0. The van der Waals surface area contributed by atoms with Crippen molar-refractivity contribution in [1.82, 2.24) is 30.2 Å². The number of nitrogens with one attached hydrogen (secondary N) is 2. The zero-order chi connectivity index (χ0) is 21.9. The van der Waals surface area contributed by atoms with Crippen LogP contribution in [0.3, 0.4) is 0 Å². The molecule has 2 amide bonds. The number of hydrogen-bond acceptors (Lipinski definition) is 7. The van der Waals surface area contributed by atoms with Crippen LogP contribution in [0.2, 0.25) is 0 Å². The lowest BCUT2D eigenvalue weighted by molar-refractivity contribution is 0.0743. The van der Waals surface area contributed by atoms with Crippen LogP contribution in [-0.2, 0) is 0 Å². The van der Waals surface area contributed by atoms with Gasteiger partial charge in [0.25, 0.3) is 11.8 Å². The Hall–Kier alpha value is -4.14. The first-order valence-corrected chi connectivity index (χ1v) is 10.4. The van der Waals surface area contributed by atoms with E-state index in [1.54, 1.807) is 18.6 Å². The molecule has 9 nitrogen and oxygen atoms in total. The van der Waals surface area contributed by atoms with Crippen LogP contribution < -0.4 is 10.6 Å². The fraction of sp³-hybridized carbons (Fsp3) is 0.217. The van der Waals surface area contributed by atoms with Gasteiger partial charge in [-0.3, -0.25) is 24.5 Å². The van der Waals surface area contributed by atoms with Gasteiger partial charge in [0.2, 0.25) is 0 Å². The lowest BCUT2D eigenvalue weighted by Gasteiger charge is -2.21. The molecule has 0 radical (unpaired) electrons. The highest BCUT2D eigenvalue weighted by Crippen LogP contribution is 2.29. The van der Waals surface area contributed by atoms with Gasteiger partial charge >= 0.3 is 0 Å². The zero-order valence-corrected chi connectivity index (χ0v) is 17.2. The number of carbonyl (C=O) groups is 2. The Bertz CT molecular complexity index is 1170. The molecule has 2 N–H and O–H groups in total. The van der Waals surface area contributed by atoms with Crippen molar-refractivity contribution in [3.05, 3.63) is 77.9 Å². The van der Waals surface area contributed by atoms with Gasteiger partial charge in [0.1, 0.15) is 5.69 Å². The molecule has 1 unspecified atom stereocenters. The molecule has 2 atom stereocenters. The maximum atomic E-state index is 13.4.